The Bertz CT molecular complexity index is 435. The minimum absolute atomic E-state index is 0.0348. The summed E-state index contributed by atoms with van der Waals surface area (Å²) in [7, 11) is 1.52. The number of methoxy groups -OCH3 is 1. The lowest BCUT2D eigenvalue weighted by Crippen LogP contribution is -2.44. The van der Waals surface area contributed by atoms with E-state index in [0.29, 0.717) is 19.7 Å². The van der Waals surface area contributed by atoms with Crippen LogP contribution in [0, 0.1) is 0 Å². The zero-order valence-corrected chi connectivity index (χ0v) is 11.3. The monoisotopic (exact) mass is 265 g/mol. The van der Waals surface area contributed by atoms with Gasteiger partial charge < -0.3 is 19.1 Å². The van der Waals surface area contributed by atoms with Crippen molar-refractivity contribution in [3.8, 4) is 11.5 Å². The number of carbonyl (C=O) groups is 1. The summed E-state index contributed by atoms with van der Waals surface area (Å²) in [5, 5.41) is 0. The van der Waals surface area contributed by atoms with E-state index in [-0.39, 0.29) is 18.6 Å². The van der Waals surface area contributed by atoms with Gasteiger partial charge in [0.1, 0.15) is 13.2 Å². The highest BCUT2D eigenvalue weighted by Crippen LogP contribution is 2.30. The first-order valence-electron chi connectivity index (χ1n) is 6.39. The van der Waals surface area contributed by atoms with Gasteiger partial charge in [-0.2, -0.15) is 0 Å². The molecule has 2 rings (SSSR count). The summed E-state index contributed by atoms with van der Waals surface area (Å²) in [5.74, 6) is 1.45. The summed E-state index contributed by atoms with van der Waals surface area (Å²) < 4.78 is 16.3. The lowest BCUT2D eigenvalue weighted by molar-refractivity contribution is -0.136. The Morgan fingerprint density at radius 2 is 2.16 bits per heavy atom. The number of amides is 1. The SMILES string of the molecule is CCN(C[C@H]1COc2ccccc2O1)C(=O)COC. The minimum atomic E-state index is -0.143. The van der Waals surface area contributed by atoms with Gasteiger partial charge >= 0.3 is 0 Å². The Kier molecular flexibility index (Phi) is 4.63. The molecule has 19 heavy (non-hydrogen) atoms. The highest BCUT2D eigenvalue weighted by molar-refractivity contribution is 5.77. The first kappa shape index (κ1) is 13.7. The summed E-state index contributed by atoms with van der Waals surface area (Å²) in [6.45, 7) is 3.62. The zero-order valence-electron chi connectivity index (χ0n) is 11.3. The number of ether oxygens (including phenoxy) is 3. The largest absolute Gasteiger partial charge is 0.486 e. The summed E-state index contributed by atoms with van der Waals surface area (Å²) >= 11 is 0. The average Bonchev–Trinajstić information content (AvgIpc) is 2.44. The van der Waals surface area contributed by atoms with Crippen LogP contribution in [0.1, 0.15) is 6.92 Å². The van der Waals surface area contributed by atoms with Crippen molar-refractivity contribution >= 4 is 5.91 Å². The highest BCUT2D eigenvalue weighted by Gasteiger charge is 2.24. The number of likely N-dealkylation sites (N-methyl/N-ethyl adjacent to an activating group) is 1. The molecule has 1 aromatic rings. The van der Waals surface area contributed by atoms with E-state index < -0.39 is 0 Å². The molecule has 1 atom stereocenters. The summed E-state index contributed by atoms with van der Waals surface area (Å²) in [6.07, 6.45) is -0.143. The molecule has 1 aliphatic heterocycles. The normalized spacial score (nSPS) is 17.1. The van der Waals surface area contributed by atoms with Crippen molar-refractivity contribution in [2.24, 2.45) is 0 Å². The van der Waals surface area contributed by atoms with Crippen LogP contribution in [0.2, 0.25) is 0 Å². The molecule has 0 bridgehead atoms. The molecule has 0 radical (unpaired) electrons. The second-order valence-corrected chi connectivity index (χ2v) is 4.36. The van der Waals surface area contributed by atoms with Gasteiger partial charge in [0.15, 0.2) is 17.6 Å². The zero-order chi connectivity index (χ0) is 13.7. The molecule has 1 aromatic carbocycles. The van der Waals surface area contributed by atoms with Crippen molar-refractivity contribution < 1.29 is 19.0 Å². The van der Waals surface area contributed by atoms with Crippen molar-refractivity contribution in [1.82, 2.24) is 4.90 Å². The van der Waals surface area contributed by atoms with Gasteiger partial charge in [0.25, 0.3) is 0 Å². The molecule has 0 spiro atoms. The van der Waals surface area contributed by atoms with Gasteiger partial charge in [-0.1, -0.05) is 12.1 Å². The number of benzene rings is 1. The van der Waals surface area contributed by atoms with Crippen molar-refractivity contribution in [2.45, 2.75) is 13.0 Å². The Hall–Kier alpha value is -1.75. The van der Waals surface area contributed by atoms with Crippen LogP contribution in [0.4, 0.5) is 0 Å². The number of rotatable bonds is 5. The van der Waals surface area contributed by atoms with Crippen LogP contribution < -0.4 is 9.47 Å². The van der Waals surface area contributed by atoms with E-state index in [1.807, 2.05) is 31.2 Å². The van der Waals surface area contributed by atoms with Crippen LogP contribution in [0.3, 0.4) is 0 Å². The van der Waals surface area contributed by atoms with Gasteiger partial charge in [-0.15, -0.1) is 0 Å². The van der Waals surface area contributed by atoms with E-state index in [1.54, 1.807) is 4.90 Å². The summed E-state index contributed by atoms with van der Waals surface area (Å²) in [5.41, 5.74) is 0. The van der Waals surface area contributed by atoms with Crippen LogP contribution in [-0.2, 0) is 9.53 Å². The second kappa shape index (κ2) is 6.43. The van der Waals surface area contributed by atoms with Crippen LogP contribution in [0.5, 0.6) is 11.5 Å². The first-order chi connectivity index (χ1) is 9.24. The van der Waals surface area contributed by atoms with E-state index in [1.165, 1.54) is 7.11 Å². The van der Waals surface area contributed by atoms with Gasteiger partial charge in [-0.25, -0.2) is 0 Å². The predicted molar refractivity (Wildman–Crippen MR) is 70.5 cm³/mol. The molecule has 0 saturated heterocycles. The molecule has 0 fully saturated rings. The number of hydrogen-bond donors (Lipinski definition) is 0. The van der Waals surface area contributed by atoms with E-state index in [0.717, 1.165) is 11.5 Å². The summed E-state index contributed by atoms with van der Waals surface area (Å²) in [6, 6.07) is 7.55. The van der Waals surface area contributed by atoms with Crippen molar-refractivity contribution in [3.05, 3.63) is 24.3 Å². The van der Waals surface area contributed by atoms with Gasteiger partial charge in [0.2, 0.25) is 5.91 Å². The van der Waals surface area contributed by atoms with Crippen LogP contribution in [0.25, 0.3) is 0 Å². The topological polar surface area (TPSA) is 48.0 Å². The Labute approximate surface area is 113 Å². The molecule has 1 amide bonds. The van der Waals surface area contributed by atoms with Gasteiger partial charge in [0.05, 0.1) is 6.54 Å². The van der Waals surface area contributed by atoms with Gasteiger partial charge in [0, 0.05) is 13.7 Å². The third-order valence-electron chi connectivity index (χ3n) is 2.99. The van der Waals surface area contributed by atoms with Crippen molar-refractivity contribution in [2.75, 3.05) is 33.4 Å². The molecule has 1 heterocycles. The smallest absolute Gasteiger partial charge is 0.248 e. The van der Waals surface area contributed by atoms with E-state index in [4.69, 9.17) is 14.2 Å². The molecule has 0 aromatic heterocycles. The number of carbonyl (C=O) groups excluding carboxylic acids is 1. The lowest BCUT2D eigenvalue weighted by Gasteiger charge is -2.30. The third kappa shape index (κ3) is 3.38. The molecule has 104 valence electrons. The van der Waals surface area contributed by atoms with Crippen molar-refractivity contribution in [1.29, 1.82) is 0 Å². The maximum atomic E-state index is 11.8. The van der Waals surface area contributed by atoms with Gasteiger partial charge in [-0.3, -0.25) is 4.79 Å². The Morgan fingerprint density at radius 1 is 1.42 bits per heavy atom. The Balaban J connectivity index is 1.95. The molecule has 0 unspecified atom stereocenters. The molecule has 5 heteroatoms. The number of hydrogen-bond acceptors (Lipinski definition) is 4. The predicted octanol–water partition coefficient (Wildman–Crippen LogP) is 1.32. The summed E-state index contributed by atoms with van der Waals surface area (Å²) in [4.78, 5) is 13.5. The van der Waals surface area contributed by atoms with Crippen molar-refractivity contribution in [3.63, 3.8) is 0 Å². The number of para-hydroxylation sites is 2. The van der Waals surface area contributed by atoms with E-state index in [9.17, 15) is 4.79 Å². The molecule has 5 nitrogen and oxygen atoms in total. The third-order valence-corrected chi connectivity index (χ3v) is 2.99. The average molecular weight is 265 g/mol. The fourth-order valence-electron chi connectivity index (χ4n) is 2.02. The standard InChI is InChI=1S/C14H19NO4/c1-3-15(14(16)10-17-2)8-11-9-18-12-6-4-5-7-13(12)19-11/h4-7,11H,3,8-10H2,1-2H3/t11-/m0/s1. The van der Waals surface area contributed by atoms with Gasteiger partial charge in [-0.05, 0) is 19.1 Å². The lowest BCUT2D eigenvalue weighted by atomic mass is 10.2. The number of nitrogens with zero attached hydrogens (tertiary/aromatic N) is 1. The molecular formula is C14H19NO4. The maximum absolute atomic E-state index is 11.8. The van der Waals surface area contributed by atoms with E-state index >= 15 is 0 Å². The van der Waals surface area contributed by atoms with Crippen LogP contribution >= 0.6 is 0 Å². The fraction of sp³-hybridized carbons (Fsp3) is 0.500. The second-order valence-electron chi connectivity index (χ2n) is 4.36. The molecular weight excluding hydrogens is 246 g/mol. The minimum Gasteiger partial charge on any atom is -0.486 e. The fourth-order valence-corrected chi connectivity index (χ4v) is 2.02. The quantitative estimate of drug-likeness (QED) is 0.805. The number of fused-ring (bicyclic) bond motifs is 1. The Morgan fingerprint density at radius 3 is 2.84 bits per heavy atom. The molecule has 0 aliphatic carbocycles. The van der Waals surface area contributed by atoms with Crippen LogP contribution in [-0.4, -0.2) is 50.3 Å². The molecule has 0 N–H and O–H groups in total. The van der Waals surface area contributed by atoms with Crippen LogP contribution in [0.15, 0.2) is 24.3 Å². The first-order valence-corrected chi connectivity index (χ1v) is 6.39. The molecule has 0 saturated carbocycles. The van der Waals surface area contributed by atoms with E-state index in [2.05, 4.69) is 0 Å². The molecule has 1 aliphatic rings. The maximum Gasteiger partial charge on any atom is 0.248 e. The highest BCUT2D eigenvalue weighted by atomic mass is 16.6.